The monoisotopic (exact) mass is 596 g/mol. The quantitative estimate of drug-likeness (QED) is 0.306. The molecule has 1 aromatic carbocycles. The number of benzene rings is 1. The molecule has 3 heterocycles. The Labute approximate surface area is 250 Å². The predicted octanol–water partition coefficient (Wildman–Crippen LogP) is 4.51. The molecule has 0 spiro atoms. The van der Waals surface area contributed by atoms with Gasteiger partial charge in [0.25, 0.3) is 11.5 Å². The second-order valence-corrected chi connectivity index (χ2v) is 11.9. The number of carbonyl (C=O) groups is 1. The second-order valence-electron chi connectivity index (χ2n) is 10.2. The van der Waals surface area contributed by atoms with Crippen molar-refractivity contribution in [1.82, 2.24) is 9.47 Å². The van der Waals surface area contributed by atoms with Gasteiger partial charge < -0.3 is 19.1 Å². The Morgan fingerprint density at radius 3 is 2.44 bits per heavy atom. The maximum atomic E-state index is 13.6. The van der Waals surface area contributed by atoms with Crippen molar-refractivity contribution in [2.24, 2.45) is 0 Å². The van der Waals surface area contributed by atoms with E-state index in [1.165, 1.54) is 11.8 Å². The van der Waals surface area contributed by atoms with E-state index in [0.29, 0.717) is 76.7 Å². The summed E-state index contributed by atoms with van der Waals surface area (Å²) < 4.78 is 18.8. The third-order valence-electron chi connectivity index (χ3n) is 7.23. The van der Waals surface area contributed by atoms with Gasteiger partial charge in [-0.15, -0.1) is 0 Å². The van der Waals surface area contributed by atoms with Crippen LogP contribution in [0, 0.1) is 18.3 Å². The van der Waals surface area contributed by atoms with Gasteiger partial charge in [-0.25, -0.2) is 0 Å². The molecule has 2 fully saturated rings. The Hall–Kier alpha value is -3.33. The summed E-state index contributed by atoms with van der Waals surface area (Å²) in [5.41, 5.74) is 2.01. The third kappa shape index (κ3) is 6.30. The van der Waals surface area contributed by atoms with Crippen molar-refractivity contribution in [3.05, 3.63) is 55.7 Å². The van der Waals surface area contributed by atoms with Crippen molar-refractivity contribution in [3.63, 3.8) is 0 Å². The van der Waals surface area contributed by atoms with Crippen LogP contribution < -0.4 is 19.9 Å². The number of ether oxygens (including phenoxy) is 3. The van der Waals surface area contributed by atoms with Gasteiger partial charge in [-0.3, -0.25) is 19.1 Å². The topological polar surface area (TPSA) is 97.0 Å². The summed E-state index contributed by atoms with van der Waals surface area (Å²) >= 11 is 6.86. The van der Waals surface area contributed by atoms with Crippen LogP contribution in [-0.4, -0.2) is 65.8 Å². The van der Waals surface area contributed by atoms with Crippen LogP contribution in [0.25, 0.3) is 6.08 Å². The van der Waals surface area contributed by atoms with Crippen molar-refractivity contribution >= 4 is 46.1 Å². The van der Waals surface area contributed by atoms with Gasteiger partial charge in [0.15, 0.2) is 11.5 Å². The third-order valence-corrected chi connectivity index (χ3v) is 8.61. The molecule has 1 amide bonds. The first-order chi connectivity index (χ1) is 19.6. The number of nitriles is 1. The van der Waals surface area contributed by atoms with E-state index in [2.05, 4.69) is 11.0 Å². The molecule has 2 aliphatic heterocycles. The predicted molar refractivity (Wildman–Crippen MR) is 166 cm³/mol. The molecule has 0 N–H and O–H groups in total. The van der Waals surface area contributed by atoms with E-state index in [1.54, 1.807) is 36.7 Å². The van der Waals surface area contributed by atoms with E-state index in [0.717, 1.165) is 5.56 Å². The number of anilines is 1. The highest BCUT2D eigenvalue weighted by Gasteiger charge is 2.34. The minimum atomic E-state index is -0.312. The average Bonchev–Trinajstić information content (AvgIpc) is 3.21. The van der Waals surface area contributed by atoms with Crippen molar-refractivity contribution in [2.45, 2.75) is 59.3 Å². The molecule has 218 valence electrons. The van der Waals surface area contributed by atoms with E-state index < -0.39 is 0 Å². The largest absolute Gasteiger partial charge is 0.493 e. The molecular weight excluding hydrogens is 560 g/mol. The van der Waals surface area contributed by atoms with Gasteiger partial charge in [-0.2, -0.15) is 5.26 Å². The summed E-state index contributed by atoms with van der Waals surface area (Å²) in [5.74, 6) is 1.79. The normalized spacial score (nSPS) is 20.1. The minimum Gasteiger partial charge on any atom is -0.493 e. The average molecular weight is 597 g/mol. The molecule has 2 aromatic rings. The zero-order valence-corrected chi connectivity index (χ0v) is 26.0. The standard InChI is InChI=1S/C30H36N4O5S2/c1-7-11-33-27(32-16-18(2)39-19(3)17-32)22(20(4)23(15-31)28(33)35)14-26-29(36)34(30(40)41-26)12-10-21-8-9-24(37-5)25(13-21)38-6/h8-9,13-14,18-19H,7,10-12,16-17H2,1-6H3. The number of aromatic nitrogens is 1. The molecule has 2 atom stereocenters. The van der Waals surface area contributed by atoms with Crippen molar-refractivity contribution < 1.29 is 19.0 Å². The van der Waals surface area contributed by atoms with Gasteiger partial charge in [0.05, 0.1) is 31.3 Å². The second kappa shape index (κ2) is 13.1. The SMILES string of the molecule is CCCn1c(N2CC(C)OC(C)C2)c(C=C2SC(=S)N(CCc3ccc(OC)c(OC)c3)C2=O)c(C)c(C#N)c1=O. The number of hydrogen-bond acceptors (Lipinski definition) is 9. The zero-order valence-electron chi connectivity index (χ0n) is 24.4. The zero-order chi connectivity index (χ0) is 29.8. The molecular formula is C30H36N4O5S2. The Balaban J connectivity index is 1.72. The van der Waals surface area contributed by atoms with Crippen LogP contribution in [0.5, 0.6) is 11.5 Å². The number of amides is 1. The summed E-state index contributed by atoms with van der Waals surface area (Å²) in [6, 6.07) is 7.78. The Morgan fingerprint density at radius 2 is 1.83 bits per heavy atom. The molecule has 0 radical (unpaired) electrons. The number of methoxy groups -OCH3 is 2. The highest BCUT2D eigenvalue weighted by Crippen LogP contribution is 2.37. The smallest absolute Gasteiger partial charge is 0.270 e. The van der Waals surface area contributed by atoms with Gasteiger partial charge in [-0.1, -0.05) is 37.0 Å². The minimum absolute atomic E-state index is 0.0393. The van der Waals surface area contributed by atoms with E-state index >= 15 is 0 Å². The van der Waals surface area contributed by atoms with Gasteiger partial charge in [-0.05, 0) is 62.9 Å². The van der Waals surface area contributed by atoms with Gasteiger partial charge in [0.1, 0.15) is 21.8 Å². The summed E-state index contributed by atoms with van der Waals surface area (Å²) in [4.78, 5) is 31.3. The van der Waals surface area contributed by atoms with Crippen LogP contribution in [0.1, 0.15) is 49.4 Å². The van der Waals surface area contributed by atoms with E-state index in [9.17, 15) is 14.9 Å². The lowest BCUT2D eigenvalue weighted by Crippen LogP contribution is -2.48. The van der Waals surface area contributed by atoms with Crippen LogP contribution >= 0.6 is 24.0 Å². The van der Waals surface area contributed by atoms with Crippen LogP contribution in [-0.2, 0) is 22.5 Å². The molecule has 1 aromatic heterocycles. The maximum absolute atomic E-state index is 13.6. The fraction of sp³-hybridized carbons (Fsp3) is 0.467. The highest BCUT2D eigenvalue weighted by atomic mass is 32.2. The number of morpholine rings is 1. The van der Waals surface area contributed by atoms with Crippen LogP contribution in [0.15, 0.2) is 27.9 Å². The number of hydrogen-bond donors (Lipinski definition) is 0. The number of pyridine rings is 1. The van der Waals surface area contributed by atoms with Crippen molar-refractivity contribution in [3.8, 4) is 17.6 Å². The van der Waals surface area contributed by atoms with Crippen LogP contribution in [0.3, 0.4) is 0 Å². The first kappa shape index (κ1) is 30.6. The van der Waals surface area contributed by atoms with Crippen molar-refractivity contribution in [2.75, 3.05) is 38.8 Å². The van der Waals surface area contributed by atoms with Crippen LogP contribution in [0.4, 0.5) is 5.82 Å². The molecule has 11 heteroatoms. The highest BCUT2D eigenvalue weighted by molar-refractivity contribution is 8.26. The van der Waals surface area contributed by atoms with Gasteiger partial charge in [0.2, 0.25) is 0 Å². The number of thiocarbonyl (C=S) groups is 1. The summed E-state index contributed by atoms with van der Waals surface area (Å²) in [7, 11) is 3.18. The number of thioether (sulfide) groups is 1. The fourth-order valence-electron chi connectivity index (χ4n) is 5.37. The number of rotatable bonds is 9. The summed E-state index contributed by atoms with van der Waals surface area (Å²) in [5, 5.41) is 9.91. The molecule has 2 saturated heterocycles. The molecule has 2 unspecified atom stereocenters. The molecule has 41 heavy (non-hydrogen) atoms. The first-order valence-corrected chi connectivity index (χ1v) is 14.9. The molecule has 4 rings (SSSR count). The van der Waals surface area contributed by atoms with Gasteiger partial charge >= 0.3 is 0 Å². The summed E-state index contributed by atoms with van der Waals surface area (Å²) in [6.45, 7) is 9.82. The lowest BCUT2D eigenvalue weighted by atomic mass is 10.0. The van der Waals surface area contributed by atoms with E-state index in [4.69, 9.17) is 26.4 Å². The van der Waals surface area contributed by atoms with E-state index in [-0.39, 0.29) is 29.2 Å². The lowest BCUT2D eigenvalue weighted by Gasteiger charge is -2.39. The summed E-state index contributed by atoms with van der Waals surface area (Å²) in [6.07, 6.45) is 3.02. The lowest BCUT2D eigenvalue weighted by molar-refractivity contribution is -0.122. The molecule has 9 nitrogen and oxygen atoms in total. The van der Waals surface area contributed by atoms with Crippen molar-refractivity contribution in [1.29, 1.82) is 5.26 Å². The molecule has 0 saturated carbocycles. The molecule has 0 bridgehead atoms. The van der Waals surface area contributed by atoms with Crippen LogP contribution in [0.2, 0.25) is 0 Å². The van der Waals surface area contributed by atoms with Gasteiger partial charge in [0, 0.05) is 31.7 Å². The molecule has 2 aliphatic rings. The Kier molecular flexibility index (Phi) is 9.79. The number of carbonyl (C=O) groups excluding carboxylic acids is 1. The maximum Gasteiger partial charge on any atom is 0.270 e. The molecule has 0 aliphatic carbocycles. The first-order valence-electron chi connectivity index (χ1n) is 13.7. The fourth-order valence-corrected chi connectivity index (χ4v) is 6.66. The Bertz CT molecular complexity index is 1470. The van der Waals surface area contributed by atoms with E-state index in [1.807, 2.05) is 39.0 Å². The Morgan fingerprint density at radius 1 is 1.15 bits per heavy atom. The number of nitrogens with zero attached hydrogens (tertiary/aromatic N) is 4.